The van der Waals surface area contributed by atoms with Crippen molar-refractivity contribution >= 4 is 17.7 Å². The summed E-state index contributed by atoms with van der Waals surface area (Å²) in [6.45, 7) is 0. The van der Waals surface area contributed by atoms with Crippen LogP contribution in [-0.2, 0) is 5.75 Å². The molecular weight excluding hydrogens is 279 g/mol. The lowest BCUT2D eigenvalue weighted by atomic mass is 10.1. The van der Waals surface area contributed by atoms with Gasteiger partial charge in [0.25, 0.3) is 0 Å². The van der Waals surface area contributed by atoms with Crippen LogP contribution in [0, 0.1) is 5.82 Å². The zero-order valence-electron chi connectivity index (χ0n) is 10.8. The number of carboxylic acids is 1. The maximum absolute atomic E-state index is 13.8. The molecule has 0 aliphatic carbocycles. The van der Waals surface area contributed by atoms with Gasteiger partial charge in [-0.15, -0.1) is 11.8 Å². The highest BCUT2D eigenvalue weighted by Gasteiger charge is 2.08. The summed E-state index contributed by atoms with van der Waals surface area (Å²) in [6.07, 6.45) is 0. The lowest BCUT2D eigenvalue weighted by Crippen LogP contribution is -1.98. The Morgan fingerprint density at radius 1 is 1.30 bits per heavy atom. The fourth-order valence-corrected chi connectivity index (χ4v) is 2.58. The van der Waals surface area contributed by atoms with Gasteiger partial charge in [0.15, 0.2) is 0 Å². The van der Waals surface area contributed by atoms with Gasteiger partial charge in [-0.2, -0.15) is 0 Å². The van der Waals surface area contributed by atoms with E-state index in [1.165, 1.54) is 23.9 Å². The second kappa shape index (κ2) is 6.43. The van der Waals surface area contributed by atoms with Crippen LogP contribution in [0.3, 0.4) is 0 Å². The average Bonchev–Trinajstić information content (AvgIpc) is 2.46. The number of hydrogen-bond donors (Lipinski definition) is 1. The highest BCUT2D eigenvalue weighted by molar-refractivity contribution is 7.98. The Labute approximate surface area is 120 Å². The molecule has 2 aromatic rings. The molecule has 2 aromatic carbocycles. The number of halogens is 1. The molecule has 0 amide bonds. The number of hydrogen-bond acceptors (Lipinski definition) is 3. The lowest BCUT2D eigenvalue weighted by Gasteiger charge is -2.06. The van der Waals surface area contributed by atoms with Gasteiger partial charge in [0.2, 0.25) is 0 Å². The molecule has 0 saturated heterocycles. The average molecular weight is 292 g/mol. The molecule has 3 nitrogen and oxygen atoms in total. The molecule has 104 valence electrons. The molecule has 0 bridgehead atoms. The van der Waals surface area contributed by atoms with E-state index < -0.39 is 11.8 Å². The van der Waals surface area contributed by atoms with E-state index in [-0.39, 0.29) is 5.56 Å². The van der Waals surface area contributed by atoms with E-state index in [2.05, 4.69) is 0 Å². The molecule has 0 unspecified atom stereocenters. The van der Waals surface area contributed by atoms with E-state index in [9.17, 15) is 9.18 Å². The molecule has 0 atom stereocenters. The molecule has 0 aliphatic rings. The Hall–Kier alpha value is -2.01. The van der Waals surface area contributed by atoms with Crippen molar-refractivity contribution in [1.29, 1.82) is 0 Å². The molecule has 0 aliphatic heterocycles. The van der Waals surface area contributed by atoms with Gasteiger partial charge in [-0.25, -0.2) is 9.18 Å². The summed E-state index contributed by atoms with van der Waals surface area (Å²) in [4.78, 5) is 11.7. The van der Waals surface area contributed by atoms with E-state index in [4.69, 9.17) is 9.84 Å². The van der Waals surface area contributed by atoms with Crippen LogP contribution in [0.1, 0.15) is 15.9 Å². The zero-order valence-corrected chi connectivity index (χ0v) is 11.6. The molecule has 0 aromatic heterocycles. The second-order valence-corrected chi connectivity index (χ2v) is 5.13. The summed E-state index contributed by atoms with van der Waals surface area (Å²) >= 11 is 1.46. The Morgan fingerprint density at radius 2 is 2.10 bits per heavy atom. The summed E-state index contributed by atoms with van der Waals surface area (Å²) < 4.78 is 18.9. The quantitative estimate of drug-likeness (QED) is 0.851. The van der Waals surface area contributed by atoms with Crippen LogP contribution >= 0.6 is 11.8 Å². The molecule has 0 radical (unpaired) electrons. The van der Waals surface area contributed by atoms with Gasteiger partial charge < -0.3 is 9.84 Å². The minimum absolute atomic E-state index is 0.0439. The van der Waals surface area contributed by atoms with Crippen LogP contribution < -0.4 is 4.74 Å². The number of carbonyl (C=O) groups is 1. The molecule has 0 fully saturated rings. The Morgan fingerprint density at radius 3 is 2.75 bits per heavy atom. The smallest absolute Gasteiger partial charge is 0.335 e. The topological polar surface area (TPSA) is 46.5 Å². The summed E-state index contributed by atoms with van der Waals surface area (Å²) in [5, 5.41) is 8.78. The summed E-state index contributed by atoms with van der Waals surface area (Å²) in [6, 6.07) is 11.4. The molecule has 5 heteroatoms. The summed E-state index contributed by atoms with van der Waals surface area (Å²) in [5.74, 6) is -0.452. The Bertz CT molecular complexity index is 628. The van der Waals surface area contributed by atoms with Gasteiger partial charge in [0, 0.05) is 10.6 Å². The zero-order chi connectivity index (χ0) is 14.5. The SMILES string of the molecule is COc1cccc(SCc2ccc(C(=O)O)cc2F)c1. The van der Waals surface area contributed by atoms with Gasteiger partial charge in [0.05, 0.1) is 12.7 Å². The van der Waals surface area contributed by atoms with Crippen molar-refractivity contribution < 1.29 is 19.0 Å². The first kappa shape index (κ1) is 14.4. The maximum atomic E-state index is 13.8. The Balaban J connectivity index is 2.08. The van der Waals surface area contributed by atoms with Crippen LogP contribution in [0.4, 0.5) is 4.39 Å². The number of ether oxygens (including phenoxy) is 1. The number of benzene rings is 2. The molecular formula is C15H13FO3S. The largest absolute Gasteiger partial charge is 0.497 e. The van der Waals surface area contributed by atoms with Gasteiger partial charge >= 0.3 is 5.97 Å². The molecule has 1 N–H and O–H groups in total. The fourth-order valence-electron chi connectivity index (χ4n) is 1.65. The number of carboxylic acid groups (broad SMARTS) is 1. The van der Waals surface area contributed by atoms with E-state index in [1.807, 2.05) is 24.3 Å². The number of methoxy groups -OCH3 is 1. The van der Waals surface area contributed by atoms with Crippen LogP contribution in [-0.4, -0.2) is 18.2 Å². The third kappa shape index (κ3) is 3.51. The molecule has 2 rings (SSSR count). The standard InChI is InChI=1S/C15H13FO3S/c1-19-12-3-2-4-13(8-12)20-9-11-6-5-10(15(17)18)7-14(11)16/h2-8H,9H2,1H3,(H,17,18). The number of aromatic carboxylic acids is 1. The highest BCUT2D eigenvalue weighted by Crippen LogP contribution is 2.27. The monoisotopic (exact) mass is 292 g/mol. The predicted octanol–water partition coefficient (Wildman–Crippen LogP) is 3.82. The summed E-state index contributed by atoms with van der Waals surface area (Å²) in [7, 11) is 1.59. The highest BCUT2D eigenvalue weighted by atomic mass is 32.2. The van der Waals surface area contributed by atoms with Crippen LogP contribution in [0.5, 0.6) is 5.75 Å². The minimum Gasteiger partial charge on any atom is -0.497 e. The van der Waals surface area contributed by atoms with Crippen LogP contribution in [0.2, 0.25) is 0 Å². The van der Waals surface area contributed by atoms with Gasteiger partial charge in [-0.1, -0.05) is 12.1 Å². The van der Waals surface area contributed by atoms with E-state index in [1.54, 1.807) is 7.11 Å². The van der Waals surface area contributed by atoms with Crippen molar-refractivity contribution in [2.24, 2.45) is 0 Å². The lowest BCUT2D eigenvalue weighted by molar-refractivity contribution is 0.0696. The molecule has 0 heterocycles. The maximum Gasteiger partial charge on any atom is 0.335 e. The van der Waals surface area contributed by atoms with Crippen molar-refractivity contribution in [3.05, 3.63) is 59.4 Å². The number of thioether (sulfide) groups is 1. The van der Waals surface area contributed by atoms with Crippen molar-refractivity contribution in [3.63, 3.8) is 0 Å². The van der Waals surface area contributed by atoms with E-state index in [0.29, 0.717) is 11.3 Å². The van der Waals surface area contributed by atoms with E-state index >= 15 is 0 Å². The van der Waals surface area contributed by atoms with Crippen LogP contribution in [0.25, 0.3) is 0 Å². The first-order valence-electron chi connectivity index (χ1n) is 5.88. The van der Waals surface area contributed by atoms with Crippen LogP contribution in [0.15, 0.2) is 47.4 Å². The normalized spacial score (nSPS) is 10.3. The third-order valence-electron chi connectivity index (χ3n) is 2.74. The predicted molar refractivity (Wildman–Crippen MR) is 75.9 cm³/mol. The van der Waals surface area contributed by atoms with E-state index in [0.717, 1.165) is 16.7 Å². The third-order valence-corrected chi connectivity index (χ3v) is 3.78. The first-order chi connectivity index (χ1) is 9.60. The minimum atomic E-state index is -1.13. The molecule has 0 saturated carbocycles. The van der Waals surface area contributed by atoms with Crippen molar-refractivity contribution in [2.45, 2.75) is 10.6 Å². The van der Waals surface area contributed by atoms with Crippen molar-refractivity contribution in [3.8, 4) is 5.75 Å². The molecule has 0 spiro atoms. The second-order valence-electron chi connectivity index (χ2n) is 4.08. The van der Waals surface area contributed by atoms with Crippen molar-refractivity contribution in [1.82, 2.24) is 0 Å². The molecule has 20 heavy (non-hydrogen) atoms. The van der Waals surface area contributed by atoms with Crippen molar-refractivity contribution in [2.75, 3.05) is 7.11 Å². The number of rotatable bonds is 5. The summed E-state index contributed by atoms with van der Waals surface area (Å²) in [5.41, 5.74) is 0.431. The van der Waals surface area contributed by atoms with Gasteiger partial charge in [-0.3, -0.25) is 0 Å². The fraction of sp³-hybridized carbons (Fsp3) is 0.133. The first-order valence-corrected chi connectivity index (χ1v) is 6.87. The van der Waals surface area contributed by atoms with Gasteiger partial charge in [0.1, 0.15) is 11.6 Å². The van der Waals surface area contributed by atoms with Gasteiger partial charge in [-0.05, 0) is 35.9 Å². The Kier molecular flexibility index (Phi) is 4.63.